The van der Waals surface area contributed by atoms with E-state index in [0.29, 0.717) is 17.6 Å². The molecule has 1 spiro atoms. The molecule has 1 saturated carbocycles. The van der Waals surface area contributed by atoms with Crippen molar-refractivity contribution in [2.24, 2.45) is 5.41 Å². The van der Waals surface area contributed by atoms with Crippen LogP contribution in [0.4, 0.5) is 4.39 Å². The number of aromatic nitrogens is 3. The van der Waals surface area contributed by atoms with E-state index >= 15 is 0 Å². The summed E-state index contributed by atoms with van der Waals surface area (Å²) in [4.78, 5) is 22.5. The van der Waals surface area contributed by atoms with Gasteiger partial charge in [-0.1, -0.05) is 5.16 Å². The molecule has 2 aromatic heterocycles. The number of rotatable bonds is 4. The fraction of sp³-hybridized carbons (Fsp3) is 0.556. The van der Waals surface area contributed by atoms with Crippen LogP contribution in [0.1, 0.15) is 46.9 Å². The Morgan fingerprint density at radius 2 is 2.07 bits per heavy atom. The van der Waals surface area contributed by atoms with Crippen molar-refractivity contribution in [1.29, 1.82) is 0 Å². The van der Waals surface area contributed by atoms with Crippen LogP contribution in [0.15, 0.2) is 22.9 Å². The van der Waals surface area contributed by atoms with Gasteiger partial charge in [-0.3, -0.25) is 4.79 Å². The fourth-order valence-electron chi connectivity index (χ4n) is 4.28. The zero-order valence-corrected chi connectivity index (χ0v) is 16.6. The Kier molecular flexibility index (Phi) is 4.04. The van der Waals surface area contributed by atoms with E-state index in [-0.39, 0.29) is 37.8 Å². The normalized spacial score (nSPS) is 24.1. The standard InChI is InChI=1S/C18H20FN5O4S/c1-29(26,27)24-7-12(16-21-15(22-28-16)11-4-5-11)18(10-24)8-23(9-18)17(25)14-13(19)3-2-6-20-14/h2-3,6,11-12H,4-5,7-10H2,1H3. The molecule has 0 bridgehead atoms. The van der Waals surface area contributed by atoms with Crippen LogP contribution in [0.2, 0.25) is 0 Å². The summed E-state index contributed by atoms with van der Waals surface area (Å²) in [5, 5.41) is 4.05. The SMILES string of the molecule is CS(=O)(=O)N1CC(c2nc(C3CC3)no2)C2(CN(C(=O)c3ncccc3F)C2)C1. The average molecular weight is 421 g/mol. The number of pyridine rings is 1. The largest absolute Gasteiger partial charge is 0.339 e. The highest BCUT2D eigenvalue weighted by molar-refractivity contribution is 7.88. The Morgan fingerprint density at radius 3 is 2.72 bits per heavy atom. The zero-order chi connectivity index (χ0) is 20.4. The van der Waals surface area contributed by atoms with Crippen LogP contribution < -0.4 is 0 Å². The third-order valence-electron chi connectivity index (χ3n) is 6.04. The number of hydrogen-bond donors (Lipinski definition) is 0. The molecular formula is C18H20FN5O4S. The molecule has 1 amide bonds. The van der Waals surface area contributed by atoms with Gasteiger partial charge in [-0.25, -0.2) is 22.1 Å². The van der Waals surface area contributed by atoms with Crippen LogP contribution >= 0.6 is 0 Å². The lowest BCUT2D eigenvalue weighted by molar-refractivity contribution is 0.000528. The van der Waals surface area contributed by atoms with Crippen molar-refractivity contribution >= 4 is 15.9 Å². The second-order valence-electron chi connectivity index (χ2n) is 8.23. The van der Waals surface area contributed by atoms with Crippen molar-refractivity contribution in [3.63, 3.8) is 0 Å². The predicted octanol–water partition coefficient (Wildman–Crippen LogP) is 0.982. The zero-order valence-electron chi connectivity index (χ0n) is 15.8. The van der Waals surface area contributed by atoms with Crippen molar-refractivity contribution in [2.45, 2.75) is 24.7 Å². The molecule has 0 radical (unpaired) electrons. The van der Waals surface area contributed by atoms with E-state index in [9.17, 15) is 17.6 Å². The minimum Gasteiger partial charge on any atom is -0.339 e. The van der Waals surface area contributed by atoms with Gasteiger partial charge >= 0.3 is 0 Å². The molecule has 3 fully saturated rings. The number of nitrogens with zero attached hydrogens (tertiary/aromatic N) is 5. The van der Waals surface area contributed by atoms with E-state index in [1.54, 1.807) is 0 Å². The van der Waals surface area contributed by atoms with E-state index < -0.39 is 27.2 Å². The fourth-order valence-corrected chi connectivity index (χ4v) is 5.19. The van der Waals surface area contributed by atoms with Crippen molar-refractivity contribution in [1.82, 2.24) is 24.3 Å². The molecule has 11 heteroatoms. The maximum Gasteiger partial charge on any atom is 0.275 e. The van der Waals surface area contributed by atoms with Gasteiger partial charge in [0.2, 0.25) is 15.9 Å². The third kappa shape index (κ3) is 3.12. The predicted molar refractivity (Wildman–Crippen MR) is 98.0 cm³/mol. The van der Waals surface area contributed by atoms with Gasteiger partial charge in [0, 0.05) is 43.7 Å². The summed E-state index contributed by atoms with van der Waals surface area (Å²) >= 11 is 0. The second-order valence-corrected chi connectivity index (χ2v) is 10.2. The molecule has 5 rings (SSSR count). The quantitative estimate of drug-likeness (QED) is 0.724. The van der Waals surface area contributed by atoms with Crippen molar-refractivity contribution < 1.29 is 22.1 Å². The highest BCUT2D eigenvalue weighted by atomic mass is 32.2. The van der Waals surface area contributed by atoms with E-state index in [2.05, 4.69) is 15.1 Å². The highest BCUT2D eigenvalue weighted by Crippen LogP contribution is 2.50. The Labute approximate surface area is 166 Å². The average Bonchev–Trinajstić information content (AvgIpc) is 3.22. The minimum absolute atomic E-state index is 0.227. The monoisotopic (exact) mass is 421 g/mol. The van der Waals surface area contributed by atoms with E-state index in [1.165, 1.54) is 27.5 Å². The van der Waals surface area contributed by atoms with Gasteiger partial charge in [-0.15, -0.1) is 0 Å². The van der Waals surface area contributed by atoms with Gasteiger partial charge in [-0.2, -0.15) is 4.98 Å². The number of sulfonamides is 1. The summed E-state index contributed by atoms with van der Waals surface area (Å²) in [5.41, 5.74) is -0.761. The number of halogens is 1. The molecule has 0 N–H and O–H groups in total. The second kappa shape index (κ2) is 6.30. The lowest BCUT2D eigenvalue weighted by Gasteiger charge is -2.49. The van der Waals surface area contributed by atoms with Gasteiger partial charge in [0.25, 0.3) is 5.91 Å². The number of carbonyl (C=O) groups excluding carboxylic acids is 1. The number of amides is 1. The van der Waals surface area contributed by atoms with Gasteiger partial charge < -0.3 is 9.42 Å². The summed E-state index contributed by atoms with van der Waals surface area (Å²) in [6, 6.07) is 2.62. The maximum absolute atomic E-state index is 13.9. The third-order valence-corrected chi connectivity index (χ3v) is 7.26. The lowest BCUT2D eigenvalue weighted by atomic mass is 9.71. The summed E-state index contributed by atoms with van der Waals surface area (Å²) in [7, 11) is -3.42. The van der Waals surface area contributed by atoms with Crippen molar-refractivity contribution in [2.75, 3.05) is 32.4 Å². The Balaban J connectivity index is 1.41. The van der Waals surface area contributed by atoms with Crippen LogP contribution in [0.3, 0.4) is 0 Å². The first-order valence-electron chi connectivity index (χ1n) is 9.45. The molecule has 3 aliphatic rings. The molecule has 154 valence electrons. The Morgan fingerprint density at radius 1 is 1.31 bits per heavy atom. The first-order chi connectivity index (χ1) is 13.8. The molecule has 29 heavy (non-hydrogen) atoms. The highest BCUT2D eigenvalue weighted by Gasteiger charge is 2.59. The first kappa shape index (κ1) is 18.6. The lowest BCUT2D eigenvalue weighted by Crippen LogP contribution is -2.61. The smallest absolute Gasteiger partial charge is 0.275 e. The van der Waals surface area contributed by atoms with Crippen LogP contribution in [-0.2, 0) is 10.0 Å². The Hall–Kier alpha value is -2.40. The van der Waals surface area contributed by atoms with Crippen LogP contribution in [0.25, 0.3) is 0 Å². The molecule has 2 aromatic rings. The van der Waals surface area contributed by atoms with Gasteiger partial charge in [0.1, 0.15) is 0 Å². The Bertz CT molecular complexity index is 1080. The summed E-state index contributed by atoms with van der Waals surface area (Å²) in [6.07, 6.45) is 4.59. The van der Waals surface area contributed by atoms with Crippen LogP contribution in [0, 0.1) is 11.2 Å². The number of likely N-dealkylation sites (tertiary alicyclic amines) is 1. The number of hydrogen-bond acceptors (Lipinski definition) is 7. The van der Waals surface area contributed by atoms with Gasteiger partial charge in [0.05, 0.1) is 12.2 Å². The van der Waals surface area contributed by atoms with Crippen LogP contribution in [0.5, 0.6) is 0 Å². The minimum atomic E-state index is -3.42. The van der Waals surface area contributed by atoms with Crippen LogP contribution in [-0.4, -0.2) is 71.1 Å². The molecule has 1 atom stereocenters. The molecule has 2 aliphatic heterocycles. The molecule has 9 nitrogen and oxygen atoms in total. The van der Waals surface area contributed by atoms with Crippen molar-refractivity contribution in [3.05, 3.63) is 41.6 Å². The van der Waals surface area contributed by atoms with E-state index in [1.807, 2.05) is 0 Å². The topological polar surface area (TPSA) is 110 Å². The molecule has 2 saturated heterocycles. The van der Waals surface area contributed by atoms with Gasteiger partial charge in [0.15, 0.2) is 17.3 Å². The van der Waals surface area contributed by atoms with Crippen molar-refractivity contribution in [3.8, 4) is 0 Å². The summed E-state index contributed by atoms with van der Waals surface area (Å²) in [5.74, 6) is -0.0955. The summed E-state index contributed by atoms with van der Waals surface area (Å²) in [6.45, 7) is 1.04. The molecular weight excluding hydrogens is 401 g/mol. The number of carbonyl (C=O) groups is 1. The van der Waals surface area contributed by atoms with E-state index in [4.69, 9.17) is 4.52 Å². The molecule has 4 heterocycles. The first-order valence-corrected chi connectivity index (χ1v) is 11.3. The van der Waals surface area contributed by atoms with E-state index in [0.717, 1.165) is 19.1 Å². The maximum atomic E-state index is 13.9. The summed E-state index contributed by atoms with van der Waals surface area (Å²) < 4.78 is 45.1. The molecule has 0 aromatic carbocycles. The molecule has 1 aliphatic carbocycles. The molecule has 1 unspecified atom stereocenters. The van der Waals surface area contributed by atoms with Gasteiger partial charge in [-0.05, 0) is 25.0 Å².